The maximum absolute atomic E-state index is 13.0. The van der Waals surface area contributed by atoms with E-state index < -0.39 is 0 Å². The number of fused-ring (bicyclic) bond motifs is 1. The number of anilines is 1. The highest BCUT2D eigenvalue weighted by Crippen LogP contribution is 2.26. The summed E-state index contributed by atoms with van der Waals surface area (Å²) in [5, 5.41) is 7.43. The zero-order valence-electron chi connectivity index (χ0n) is 17.1. The fourth-order valence-corrected chi connectivity index (χ4v) is 3.46. The number of benzene rings is 1. The number of nitrogens with one attached hydrogen (secondary N) is 1. The van der Waals surface area contributed by atoms with Crippen molar-refractivity contribution in [3.05, 3.63) is 52.8 Å². The Kier molecular flexibility index (Phi) is 5.07. The van der Waals surface area contributed by atoms with Gasteiger partial charge in [-0.1, -0.05) is 31.1 Å². The van der Waals surface area contributed by atoms with Crippen molar-refractivity contribution >= 4 is 34.5 Å². The first-order valence-corrected chi connectivity index (χ1v) is 9.84. The summed E-state index contributed by atoms with van der Waals surface area (Å²) >= 11 is 0. The Balaban J connectivity index is 1.55. The summed E-state index contributed by atoms with van der Waals surface area (Å²) in [6.45, 7) is 6.00. The van der Waals surface area contributed by atoms with Gasteiger partial charge in [0, 0.05) is 24.2 Å². The molecular weight excluding hydrogens is 384 g/mol. The lowest BCUT2D eigenvalue weighted by Gasteiger charge is -2.14. The average Bonchev–Trinajstić information content (AvgIpc) is 3.25. The molecule has 8 nitrogen and oxygen atoms in total. The van der Waals surface area contributed by atoms with Gasteiger partial charge in [0.15, 0.2) is 0 Å². The molecule has 2 aromatic heterocycles. The molecule has 4 rings (SSSR count). The molecule has 0 unspecified atom stereocenters. The molecule has 8 heteroatoms. The monoisotopic (exact) mass is 406 g/mol. The second-order valence-electron chi connectivity index (χ2n) is 7.72. The largest absolute Gasteiger partial charge is 0.336 e. The van der Waals surface area contributed by atoms with Gasteiger partial charge in [0.05, 0.1) is 23.2 Å². The Morgan fingerprint density at radius 1 is 1.17 bits per heavy atom. The Morgan fingerprint density at radius 2 is 1.83 bits per heavy atom. The molecule has 0 aliphatic carbocycles. The van der Waals surface area contributed by atoms with Gasteiger partial charge in [-0.3, -0.25) is 19.3 Å². The summed E-state index contributed by atoms with van der Waals surface area (Å²) in [5.41, 5.74) is 3.58. The van der Waals surface area contributed by atoms with E-state index in [2.05, 4.69) is 15.5 Å². The number of carbonyl (C=O) groups is 3. The number of rotatable bonds is 5. The minimum Gasteiger partial charge on any atom is -0.336 e. The predicted octanol–water partition coefficient (Wildman–Crippen LogP) is 3.56. The van der Waals surface area contributed by atoms with Crippen molar-refractivity contribution < 1.29 is 18.9 Å². The minimum atomic E-state index is -0.284. The van der Waals surface area contributed by atoms with Gasteiger partial charge >= 0.3 is 0 Å². The van der Waals surface area contributed by atoms with Crippen LogP contribution in [0.5, 0.6) is 0 Å². The predicted molar refractivity (Wildman–Crippen MR) is 110 cm³/mol. The third-order valence-corrected chi connectivity index (χ3v) is 5.18. The molecule has 3 heterocycles. The van der Waals surface area contributed by atoms with Crippen LogP contribution in [0.4, 0.5) is 5.69 Å². The Hall–Kier alpha value is -3.55. The van der Waals surface area contributed by atoms with E-state index in [0.29, 0.717) is 28.0 Å². The second-order valence-corrected chi connectivity index (χ2v) is 7.72. The zero-order valence-corrected chi connectivity index (χ0v) is 17.1. The SMILES string of the molecule is Cc1noc2nc(C(C)C)cc(C(=O)Nc3ccc(CN4C(=O)CCC4=O)cc3)c12. The van der Waals surface area contributed by atoms with Crippen LogP contribution in [0, 0.1) is 6.92 Å². The number of nitrogens with zero attached hydrogens (tertiary/aromatic N) is 3. The van der Waals surface area contributed by atoms with Crippen LogP contribution in [-0.2, 0) is 16.1 Å². The number of imide groups is 1. The first-order valence-electron chi connectivity index (χ1n) is 9.84. The molecule has 0 atom stereocenters. The number of pyridine rings is 1. The fourth-order valence-electron chi connectivity index (χ4n) is 3.46. The van der Waals surface area contributed by atoms with Gasteiger partial charge in [0.1, 0.15) is 0 Å². The topological polar surface area (TPSA) is 105 Å². The summed E-state index contributed by atoms with van der Waals surface area (Å²) < 4.78 is 5.28. The van der Waals surface area contributed by atoms with E-state index in [1.807, 2.05) is 13.8 Å². The lowest BCUT2D eigenvalue weighted by Crippen LogP contribution is -2.28. The number of aryl methyl sites for hydroxylation is 1. The van der Waals surface area contributed by atoms with Crippen molar-refractivity contribution in [2.45, 2.75) is 46.1 Å². The van der Waals surface area contributed by atoms with Gasteiger partial charge in [0.2, 0.25) is 11.8 Å². The Bertz CT molecular complexity index is 1130. The molecule has 0 spiro atoms. The molecule has 1 aromatic carbocycles. The summed E-state index contributed by atoms with van der Waals surface area (Å²) in [6.07, 6.45) is 0.544. The van der Waals surface area contributed by atoms with E-state index in [-0.39, 0.29) is 43.0 Å². The van der Waals surface area contributed by atoms with Crippen LogP contribution in [0.3, 0.4) is 0 Å². The normalized spacial score (nSPS) is 14.2. The van der Waals surface area contributed by atoms with E-state index in [9.17, 15) is 14.4 Å². The second kappa shape index (κ2) is 7.70. The molecule has 1 fully saturated rings. The van der Waals surface area contributed by atoms with E-state index in [0.717, 1.165) is 11.3 Å². The molecule has 1 N–H and O–H groups in total. The molecular formula is C22H22N4O4. The molecule has 30 heavy (non-hydrogen) atoms. The average molecular weight is 406 g/mol. The number of carbonyl (C=O) groups excluding carboxylic acids is 3. The first kappa shape index (κ1) is 19.8. The van der Waals surface area contributed by atoms with E-state index in [1.54, 1.807) is 37.3 Å². The van der Waals surface area contributed by atoms with Crippen molar-refractivity contribution in [1.29, 1.82) is 0 Å². The van der Waals surface area contributed by atoms with Gasteiger partial charge in [-0.05, 0) is 36.6 Å². The van der Waals surface area contributed by atoms with Crippen LogP contribution < -0.4 is 5.32 Å². The molecule has 3 amide bonds. The maximum atomic E-state index is 13.0. The molecule has 3 aromatic rings. The van der Waals surface area contributed by atoms with E-state index in [1.165, 1.54) is 4.90 Å². The third-order valence-electron chi connectivity index (χ3n) is 5.18. The molecule has 0 radical (unpaired) electrons. The summed E-state index contributed by atoms with van der Waals surface area (Å²) in [5.74, 6) is -0.455. The maximum Gasteiger partial charge on any atom is 0.259 e. The number of hydrogen-bond acceptors (Lipinski definition) is 6. The molecule has 154 valence electrons. The number of hydrogen-bond donors (Lipinski definition) is 1. The zero-order chi connectivity index (χ0) is 21.4. The van der Waals surface area contributed by atoms with Gasteiger partial charge in [-0.2, -0.15) is 0 Å². The highest BCUT2D eigenvalue weighted by atomic mass is 16.5. The first-order chi connectivity index (χ1) is 14.3. The van der Waals surface area contributed by atoms with Crippen molar-refractivity contribution in [2.24, 2.45) is 0 Å². The smallest absolute Gasteiger partial charge is 0.259 e. The Labute approximate surface area is 173 Å². The number of amides is 3. The van der Waals surface area contributed by atoms with Gasteiger partial charge in [0.25, 0.3) is 11.6 Å². The van der Waals surface area contributed by atoms with Crippen molar-refractivity contribution in [3.8, 4) is 0 Å². The number of likely N-dealkylation sites (tertiary alicyclic amines) is 1. The molecule has 1 saturated heterocycles. The highest BCUT2D eigenvalue weighted by Gasteiger charge is 2.28. The van der Waals surface area contributed by atoms with Crippen LogP contribution in [-0.4, -0.2) is 32.8 Å². The van der Waals surface area contributed by atoms with Crippen LogP contribution >= 0.6 is 0 Å². The van der Waals surface area contributed by atoms with Crippen molar-refractivity contribution in [2.75, 3.05) is 5.32 Å². The van der Waals surface area contributed by atoms with Crippen LogP contribution in [0.1, 0.15) is 59.9 Å². The highest BCUT2D eigenvalue weighted by molar-refractivity contribution is 6.12. The molecule has 1 aliphatic rings. The molecule has 1 aliphatic heterocycles. The van der Waals surface area contributed by atoms with E-state index in [4.69, 9.17) is 4.52 Å². The van der Waals surface area contributed by atoms with Crippen molar-refractivity contribution in [3.63, 3.8) is 0 Å². The summed E-state index contributed by atoms with van der Waals surface area (Å²) in [6, 6.07) is 8.86. The fraction of sp³-hybridized carbons (Fsp3) is 0.318. The van der Waals surface area contributed by atoms with Crippen LogP contribution in [0.15, 0.2) is 34.9 Å². The summed E-state index contributed by atoms with van der Waals surface area (Å²) in [4.78, 5) is 42.3. The van der Waals surface area contributed by atoms with Crippen LogP contribution in [0.25, 0.3) is 11.1 Å². The van der Waals surface area contributed by atoms with Gasteiger partial charge < -0.3 is 9.84 Å². The molecule has 0 saturated carbocycles. The van der Waals surface area contributed by atoms with Gasteiger partial charge in [-0.15, -0.1) is 0 Å². The van der Waals surface area contributed by atoms with Crippen LogP contribution in [0.2, 0.25) is 0 Å². The lowest BCUT2D eigenvalue weighted by molar-refractivity contribution is -0.139. The minimum absolute atomic E-state index is 0.127. The van der Waals surface area contributed by atoms with Crippen molar-refractivity contribution in [1.82, 2.24) is 15.0 Å². The lowest BCUT2D eigenvalue weighted by atomic mass is 10.0. The number of aromatic nitrogens is 2. The van der Waals surface area contributed by atoms with E-state index >= 15 is 0 Å². The standard InChI is InChI=1S/C22H22N4O4/c1-12(2)17-10-16(20-13(3)25-30-22(20)24-17)21(29)23-15-6-4-14(5-7-15)11-26-18(27)8-9-19(26)28/h4-7,10,12H,8-9,11H2,1-3H3,(H,23,29). The molecule has 0 bridgehead atoms. The Morgan fingerprint density at radius 3 is 2.47 bits per heavy atom. The summed E-state index contributed by atoms with van der Waals surface area (Å²) in [7, 11) is 0. The third kappa shape index (κ3) is 3.68. The van der Waals surface area contributed by atoms with Gasteiger partial charge in [-0.25, -0.2) is 4.98 Å². The quantitative estimate of drug-likeness (QED) is 0.650.